The summed E-state index contributed by atoms with van der Waals surface area (Å²) in [5, 5.41) is 18.6. The Hall–Kier alpha value is -1.46. The molecule has 5 N–H and O–H groups in total. The molecule has 2 aromatic rings. The van der Waals surface area contributed by atoms with Crippen molar-refractivity contribution in [2.45, 2.75) is 0 Å². The third kappa shape index (κ3) is 1.28. The molecule has 0 bridgehead atoms. The SMILES string of the molecule is Nc1cccc2[nH]c(B(O)O)cc12. The second-order valence-electron chi connectivity index (χ2n) is 2.91. The van der Waals surface area contributed by atoms with E-state index in [0.717, 1.165) is 10.9 Å². The molecular weight excluding hydrogens is 167 g/mol. The van der Waals surface area contributed by atoms with Crippen LogP contribution in [-0.2, 0) is 0 Å². The van der Waals surface area contributed by atoms with Gasteiger partial charge in [-0.15, -0.1) is 0 Å². The second-order valence-corrected chi connectivity index (χ2v) is 2.91. The predicted molar refractivity (Wildman–Crippen MR) is 52.5 cm³/mol. The van der Waals surface area contributed by atoms with Crippen molar-refractivity contribution in [2.24, 2.45) is 0 Å². The van der Waals surface area contributed by atoms with Crippen LogP contribution in [0.3, 0.4) is 0 Å². The molecule has 13 heavy (non-hydrogen) atoms. The number of fused-ring (bicyclic) bond motifs is 1. The summed E-state index contributed by atoms with van der Waals surface area (Å²) in [5.74, 6) is 0. The van der Waals surface area contributed by atoms with Crippen molar-refractivity contribution in [3.8, 4) is 0 Å². The maximum absolute atomic E-state index is 8.90. The zero-order valence-electron chi connectivity index (χ0n) is 6.86. The number of nitrogens with two attached hydrogens (primary N) is 1. The minimum absolute atomic E-state index is 0.355. The van der Waals surface area contributed by atoms with Crippen molar-refractivity contribution in [3.63, 3.8) is 0 Å². The lowest BCUT2D eigenvalue weighted by Gasteiger charge is -1.92. The highest BCUT2D eigenvalue weighted by molar-refractivity contribution is 6.58. The van der Waals surface area contributed by atoms with E-state index in [0.29, 0.717) is 11.3 Å². The Labute approximate surface area is 75.1 Å². The van der Waals surface area contributed by atoms with Crippen LogP contribution in [0, 0.1) is 0 Å². The summed E-state index contributed by atoms with van der Waals surface area (Å²) in [6.45, 7) is 0. The summed E-state index contributed by atoms with van der Waals surface area (Å²) >= 11 is 0. The number of anilines is 1. The van der Waals surface area contributed by atoms with Gasteiger partial charge < -0.3 is 20.8 Å². The highest BCUT2D eigenvalue weighted by atomic mass is 16.4. The van der Waals surface area contributed by atoms with E-state index in [1.54, 1.807) is 12.1 Å². The molecule has 0 saturated carbocycles. The number of rotatable bonds is 1. The molecule has 0 radical (unpaired) electrons. The van der Waals surface area contributed by atoms with Crippen LogP contribution in [-0.4, -0.2) is 22.2 Å². The van der Waals surface area contributed by atoms with E-state index in [1.807, 2.05) is 12.1 Å². The smallest absolute Gasteiger partial charge is 0.422 e. The third-order valence-electron chi connectivity index (χ3n) is 2.00. The van der Waals surface area contributed by atoms with Crippen LogP contribution >= 0.6 is 0 Å². The standard InChI is InChI=1S/C8H9BN2O2/c10-6-2-1-3-7-5(6)4-8(11-7)9(12)13/h1-4,11-13H,10H2. The van der Waals surface area contributed by atoms with Gasteiger partial charge in [-0.05, 0) is 18.2 Å². The Morgan fingerprint density at radius 1 is 1.31 bits per heavy atom. The van der Waals surface area contributed by atoms with E-state index in [9.17, 15) is 0 Å². The van der Waals surface area contributed by atoms with Crippen LogP contribution in [0.5, 0.6) is 0 Å². The maximum atomic E-state index is 8.90. The molecule has 0 aliphatic rings. The monoisotopic (exact) mass is 176 g/mol. The molecule has 0 fully saturated rings. The van der Waals surface area contributed by atoms with Gasteiger partial charge in [-0.1, -0.05) is 6.07 Å². The number of hydrogen-bond acceptors (Lipinski definition) is 3. The fourth-order valence-corrected chi connectivity index (χ4v) is 1.34. The summed E-state index contributed by atoms with van der Waals surface area (Å²) in [7, 11) is -1.48. The third-order valence-corrected chi connectivity index (χ3v) is 2.00. The van der Waals surface area contributed by atoms with Crippen molar-refractivity contribution < 1.29 is 10.0 Å². The number of aromatic nitrogens is 1. The molecule has 0 unspecified atom stereocenters. The number of aromatic amines is 1. The summed E-state index contributed by atoms with van der Waals surface area (Å²) in [5.41, 5.74) is 7.47. The van der Waals surface area contributed by atoms with Gasteiger partial charge in [0.05, 0.1) is 0 Å². The van der Waals surface area contributed by atoms with Crippen LogP contribution in [0.15, 0.2) is 24.3 Å². The van der Waals surface area contributed by atoms with Crippen LogP contribution in [0.2, 0.25) is 0 Å². The Bertz CT molecular complexity index is 439. The van der Waals surface area contributed by atoms with Gasteiger partial charge in [0.15, 0.2) is 0 Å². The van der Waals surface area contributed by atoms with E-state index < -0.39 is 7.12 Å². The molecule has 1 aromatic heterocycles. The van der Waals surface area contributed by atoms with Crippen molar-refractivity contribution in [1.82, 2.24) is 4.98 Å². The van der Waals surface area contributed by atoms with Gasteiger partial charge in [-0.3, -0.25) is 0 Å². The topological polar surface area (TPSA) is 82.3 Å². The molecule has 0 aliphatic carbocycles. The number of hydrogen-bond donors (Lipinski definition) is 4. The van der Waals surface area contributed by atoms with Crippen molar-refractivity contribution in [1.29, 1.82) is 0 Å². The van der Waals surface area contributed by atoms with Crippen molar-refractivity contribution in [3.05, 3.63) is 24.3 Å². The average molecular weight is 176 g/mol. The Balaban J connectivity index is 2.68. The van der Waals surface area contributed by atoms with Crippen LogP contribution in [0.25, 0.3) is 10.9 Å². The normalized spacial score (nSPS) is 10.6. The van der Waals surface area contributed by atoms with Gasteiger partial charge in [-0.2, -0.15) is 0 Å². The summed E-state index contributed by atoms with van der Waals surface area (Å²) in [6.07, 6.45) is 0. The van der Waals surface area contributed by atoms with Gasteiger partial charge in [0, 0.05) is 22.2 Å². The minimum Gasteiger partial charge on any atom is -0.422 e. The number of nitrogens with one attached hydrogen (secondary N) is 1. The summed E-state index contributed by atoms with van der Waals surface area (Å²) in [6, 6.07) is 7.04. The van der Waals surface area contributed by atoms with Gasteiger partial charge in [0.2, 0.25) is 0 Å². The molecule has 2 rings (SSSR count). The lowest BCUT2D eigenvalue weighted by atomic mass is 9.86. The molecule has 0 amide bonds. The Morgan fingerprint density at radius 2 is 2.08 bits per heavy atom. The average Bonchev–Trinajstić information content (AvgIpc) is 2.49. The highest BCUT2D eigenvalue weighted by Crippen LogP contribution is 2.17. The molecule has 0 spiro atoms. The molecule has 5 heteroatoms. The number of nitrogen functional groups attached to an aromatic ring is 1. The van der Waals surface area contributed by atoms with Crippen LogP contribution in [0.1, 0.15) is 0 Å². The number of H-pyrrole nitrogens is 1. The lowest BCUT2D eigenvalue weighted by molar-refractivity contribution is 0.424. The lowest BCUT2D eigenvalue weighted by Crippen LogP contribution is -2.30. The van der Waals surface area contributed by atoms with Crippen LogP contribution < -0.4 is 11.3 Å². The minimum atomic E-state index is -1.48. The second kappa shape index (κ2) is 2.79. The fraction of sp³-hybridized carbons (Fsp3) is 0. The fourth-order valence-electron chi connectivity index (χ4n) is 1.34. The van der Waals surface area contributed by atoms with Crippen molar-refractivity contribution >= 4 is 29.3 Å². The maximum Gasteiger partial charge on any atom is 0.505 e. The molecule has 0 saturated heterocycles. The first-order valence-corrected chi connectivity index (χ1v) is 3.92. The van der Waals surface area contributed by atoms with Crippen molar-refractivity contribution in [2.75, 3.05) is 5.73 Å². The van der Waals surface area contributed by atoms with E-state index in [1.165, 1.54) is 0 Å². The molecule has 66 valence electrons. The molecule has 1 heterocycles. The molecular formula is C8H9BN2O2. The molecule has 1 aromatic carbocycles. The first-order valence-electron chi connectivity index (χ1n) is 3.92. The van der Waals surface area contributed by atoms with E-state index >= 15 is 0 Å². The van der Waals surface area contributed by atoms with Crippen LogP contribution in [0.4, 0.5) is 5.69 Å². The molecule has 0 atom stereocenters. The summed E-state index contributed by atoms with van der Waals surface area (Å²) < 4.78 is 0. The van der Waals surface area contributed by atoms with E-state index in [2.05, 4.69) is 4.98 Å². The Morgan fingerprint density at radius 3 is 2.69 bits per heavy atom. The van der Waals surface area contributed by atoms with Gasteiger partial charge in [-0.25, -0.2) is 0 Å². The zero-order valence-corrected chi connectivity index (χ0v) is 6.86. The predicted octanol–water partition coefficient (Wildman–Crippen LogP) is -0.570. The van der Waals surface area contributed by atoms with Gasteiger partial charge >= 0.3 is 7.12 Å². The quantitative estimate of drug-likeness (QED) is 0.347. The first-order chi connectivity index (χ1) is 6.18. The zero-order chi connectivity index (χ0) is 9.42. The molecule has 4 nitrogen and oxygen atoms in total. The Kier molecular flexibility index (Phi) is 1.75. The molecule has 0 aliphatic heterocycles. The van der Waals surface area contributed by atoms with Gasteiger partial charge in [0.1, 0.15) is 0 Å². The first kappa shape index (κ1) is 8.16. The summed E-state index contributed by atoms with van der Waals surface area (Å²) in [4.78, 5) is 2.86. The van der Waals surface area contributed by atoms with E-state index in [4.69, 9.17) is 15.8 Å². The highest BCUT2D eigenvalue weighted by Gasteiger charge is 2.14. The number of benzene rings is 1. The van der Waals surface area contributed by atoms with Gasteiger partial charge in [0.25, 0.3) is 0 Å². The largest absolute Gasteiger partial charge is 0.505 e. The van der Waals surface area contributed by atoms with E-state index in [-0.39, 0.29) is 0 Å².